The van der Waals surface area contributed by atoms with Crippen LogP contribution in [0.1, 0.15) is 5.56 Å². The lowest BCUT2D eigenvalue weighted by Crippen LogP contribution is -2.33. The maximum atomic E-state index is 13.1. The van der Waals surface area contributed by atoms with Crippen molar-refractivity contribution in [1.29, 1.82) is 0 Å². The van der Waals surface area contributed by atoms with E-state index in [1.807, 2.05) is 36.4 Å². The number of halogens is 1. The second-order valence-corrected chi connectivity index (χ2v) is 6.91. The molecule has 3 aromatic rings. The molecule has 0 spiro atoms. The average molecular weight is 377 g/mol. The molecule has 0 aromatic heterocycles. The molecule has 2 heterocycles. The quantitative estimate of drug-likeness (QED) is 0.639. The lowest BCUT2D eigenvalue weighted by Gasteiger charge is -2.16. The molecular weight excluding hydrogens is 364 g/mol. The zero-order valence-electron chi connectivity index (χ0n) is 14.0. The van der Waals surface area contributed by atoms with E-state index in [1.165, 1.54) is 4.90 Å². The first-order valence-corrected chi connectivity index (χ1v) is 8.88. The molecule has 0 saturated carbocycles. The highest BCUT2D eigenvalue weighted by atomic mass is 35.5. The molecule has 1 saturated heterocycles. The molecule has 2 aliphatic rings. The van der Waals surface area contributed by atoms with Gasteiger partial charge in [-0.15, -0.1) is 0 Å². The van der Waals surface area contributed by atoms with Gasteiger partial charge in [0.15, 0.2) is 0 Å². The molecule has 0 radical (unpaired) electrons. The third-order valence-electron chi connectivity index (χ3n) is 4.95. The van der Waals surface area contributed by atoms with Gasteiger partial charge in [-0.1, -0.05) is 65.3 Å². The Balaban J connectivity index is 1.55. The van der Waals surface area contributed by atoms with Crippen LogP contribution < -0.4 is 4.90 Å². The Kier molecular flexibility index (Phi) is 3.52. The molecule has 2 atom stereocenters. The fourth-order valence-corrected chi connectivity index (χ4v) is 3.87. The van der Waals surface area contributed by atoms with E-state index in [0.29, 0.717) is 22.0 Å². The van der Waals surface area contributed by atoms with Crippen molar-refractivity contribution in [2.75, 3.05) is 4.90 Å². The fraction of sp³-hybridized carbons (Fsp3) is 0.0952. The smallest absolute Gasteiger partial charge is 0.278 e. The van der Waals surface area contributed by atoms with Gasteiger partial charge in [0.25, 0.3) is 5.91 Å². The van der Waals surface area contributed by atoms with E-state index in [4.69, 9.17) is 16.4 Å². The first-order valence-electron chi connectivity index (χ1n) is 8.50. The standard InChI is InChI=1S/C21H13ClN2O3/c22-16-8-4-3-7-15(16)18-17-19(27-23-18)21(26)24(20(17)25)14-10-9-12-5-1-2-6-13(12)11-14/h1-11,17,19H/t17-,19-/m0/s1. The lowest BCUT2D eigenvalue weighted by molar-refractivity contribution is -0.126. The Hall–Kier alpha value is -3.18. The highest BCUT2D eigenvalue weighted by molar-refractivity contribution is 6.38. The van der Waals surface area contributed by atoms with Crippen molar-refractivity contribution in [3.63, 3.8) is 0 Å². The predicted octanol–water partition coefficient (Wildman–Crippen LogP) is 3.79. The number of oxime groups is 1. The minimum absolute atomic E-state index is 0.351. The van der Waals surface area contributed by atoms with Crippen LogP contribution in [0, 0.1) is 5.92 Å². The van der Waals surface area contributed by atoms with Crippen molar-refractivity contribution in [3.05, 3.63) is 77.3 Å². The summed E-state index contributed by atoms with van der Waals surface area (Å²) in [5.41, 5.74) is 1.53. The van der Waals surface area contributed by atoms with Gasteiger partial charge in [-0.05, 0) is 29.0 Å². The number of carbonyl (C=O) groups excluding carboxylic acids is 2. The summed E-state index contributed by atoms with van der Waals surface area (Å²) in [5, 5.41) is 6.45. The lowest BCUT2D eigenvalue weighted by atomic mass is 9.94. The summed E-state index contributed by atoms with van der Waals surface area (Å²) in [7, 11) is 0. The molecule has 5 rings (SSSR count). The van der Waals surface area contributed by atoms with E-state index in [2.05, 4.69) is 5.16 Å². The number of amides is 2. The third kappa shape index (κ3) is 2.35. The van der Waals surface area contributed by atoms with E-state index >= 15 is 0 Å². The minimum atomic E-state index is -0.949. The number of fused-ring (bicyclic) bond motifs is 2. The van der Waals surface area contributed by atoms with Crippen LogP contribution in [0.2, 0.25) is 5.02 Å². The molecule has 0 aliphatic carbocycles. The Bertz CT molecular complexity index is 1140. The van der Waals surface area contributed by atoms with Crippen molar-refractivity contribution in [2.24, 2.45) is 11.1 Å². The van der Waals surface area contributed by atoms with Gasteiger partial charge < -0.3 is 4.84 Å². The molecule has 2 aliphatic heterocycles. The average Bonchev–Trinajstić information content (AvgIpc) is 3.22. The summed E-state index contributed by atoms with van der Waals surface area (Å²) in [6.45, 7) is 0. The van der Waals surface area contributed by atoms with E-state index in [9.17, 15) is 9.59 Å². The summed E-state index contributed by atoms with van der Waals surface area (Å²) in [6.07, 6.45) is -0.949. The van der Waals surface area contributed by atoms with Gasteiger partial charge in [-0.3, -0.25) is 9.59 Å². The zero-order valence-corrected chi connectivity index (χ0v) is 14.8. The van der Waals surface area contributed by atoms with Gasteiger partial charge in [0.1, 0.15) is 11.6 Å². The van der Waals surface area contributed by atoms with Gasteiger partial charge in [-0.2, -0.15) is 0 Å². The second-order valence-electron chi connectivity index (χ2n) is 6.50. The molecule has 2 amide bonds. The van der Waals surface area contributed by atoms with Crippen molar-refractivity contribution < 1.29 is 14.4 Å². The molecule has 27 heavy (non-hydrogen) atoms. The first-order chi connectivity index (χ1) is 13.1. The molecule has 0 bridgehead atoms. The van der Waals surface area contributed by atoms with Crippen LogP contribution in [0.3, 0.4) is 0 Å². The molecule has 132 valence electrons. The molecular formula is C21H13ClN2O3. The fourth-order valence-electron chi connectivity index (χ4n) is 3.64. The van der Waals surface area contributed by atoms with Crippen molar-refractivity contribution >= 4 is 45.6 Å². The summed E-state index contributed by atoms with van der Waals surface area (Å²) >= 11 is 6.25. The van der Waals surface area contributed by atoms with Crippen LogP contribution in [0.4, 0.5) is 5.69 Å². The van der Waals surface area contributed by atoms with E-state index in [-0.39, 0.29) is 5.91 Å². The van der Waals surface area contributed by atoms with E-state index < -0.39 is 17.9 Å². The molecule has 1 fully saturated rings. The van der Waals surface area contributed by atoms with Gasteiger partial charge in [0.2, 0.25) is 12.0 Å². The highest BCUT2D eigenvalue weighted by Gasteiger charge is 2.56. The van der Waals surface area contributed by atoms with Crippen molar-refractivity contribution in [3.8, 4) is 0 Å². The SMILES string of the molecule is O=C1[C@H]2C(c3ccccc3Cl)=NO[C@@H]2C(=O)N1c1ccc2ccccc2c1. The first kappa shape index (κ1) is 16.0. The Morgan fingerprint density at radius 1 is 0.889 bits per heavy atom. The summed E-state index contributed by atoms with van der Waals surface area (Å²) < 4.78 is 0. The monoisotopic (exact) mass is 376 g/mol. The Morgan fingerprint density at radius 2 is 1.63 bits per heavy atom. The summed E-state index contributed by atoms with van der Waals surface area (Å²) in [6, 6.07) is 20.4. The third-order valence-corrected chi connectivity index (χ3v) is 5.28. The van der Waals surface area contributed by atoms with E-state index in [1.54, 1.807) is 30.3 Å². The zero-order chi connectivity index (χ0) is 18.5. The molecule has 3 aromatic carbocycles. The van der Waals surface area contributed by atoms with Crippen LogP contribution in [0.5, 0.6) is 0 Å². The van der Waals surface area contributed by atoms with Gasteiger partial charge in [0.05, 0.1) is 5.69 Å². The number of rotatable bonds is 2. The minimum Gasteiger partial charge on any atom is -0.381 e. The number of hydrogen-bond donors (Lipinski definition) is 0. The molecule has 5 nitrogen and oxygen atoms in total. The van der Waals surface area contributed by atoms with Crippen LogP contribution in [0.15, 0.2) is 71.9 Å². The Labute approximate surface area is 159 Å². The normalized spacial score (nSPS) is 21.4. The Morgan fingerprint density at radius 3 is 2.44 bits per heavy atom. The summed E-state index contributed by atoms with van der Waals surface area (Å²) in [5.74, 6) is -1.55. The topological polar surface area (TPSA) is 59.0 Å². The van der Waals surface area contributed by atoms with Crippen LogP contribution in [-0.2, 0) is 14.4 Å². The van der Waals surface area contributed by atoms with Gasteiger partial charge in [0, 0.05) is 10.6 Å². The number of nitrogens with zero attached hydrogens (tertiary/aromatic N) is 2. The largest absolute Gasteiger partial charge is 0.381 e. The number of carbonyl (C=O) groups is 2. The van der Waals surface area contributed by atoms with Gasteiger partial charge >= 0.3 is 0 Å². The van der Waals surface area contributed by atoms with Crippen molar-refractivity contribution in [1.82, 2.24) is 0 Å². The maximum Gasteiger partial charge on any atom is 0.278 e. The maximum absolute atomic E-state index is 13.1. The van der Waals surface area contributed by atoms with E-state index in [0.717, 1.165) is 10.8 Å². The molecule has 0 N–H and O–H groups in total. The molecule has 6 heteroatoms. The predicted molar refractivity (Wildman–Crippen MR) is 103 cm³/mol. The number of benzene rings is 3. The van der Waals surface area contributed by atoms with Crippen LogP contribution in [0.25, 0.3) is 10.8 Å². The number of imide groups is 1. The number of hydrogen-bond acceptors (Lipinski definition) is 4. The van der Waals surface area contributed by atoms with Crippen LogP contribution >= 0.6 is 11.6 Å². The van der Waals surface area contributed by atoms with Crippen molar-refractivity contribution in [2.45, 2.75) is 6.10 Å². The number of anilines is 1. The highest BCUT2D eigenvalue weighted by Crippen LogP contribution is 2.37. The van der Waals surface area contributed by atoms with Gasteiger partial charge in [-0.25, -0.2) is 4.90 Å². The van der Waals surface area contributed by atoms with Crippen LogP contribution in [-0.4, -0.2) is 23.6 Å². The summed E-state index contributed by atoms with van der Waals surface area (Å²) in [4.78, 5) is 32.5. The second kappa shape index (κ2) is 5.93. The molecule has 0 unspecified atom stereocenters.